The Hall–Kier alpha value is -0.110. The van der Waals surface area contributed by atoms with Gasteiger partial charge in [-0.3, -0.25) is 4.79 Å². The summed E-state index contributed by atoms with van der Waals surface area (Å²) in [6, 6.07) is 0. The van der Waals surface area contributed by atoms with Gasteiger partial charge in [0.25, 0.3) is 0 Å². The fraction of sp³-hybridized carbons (Fsp3) is 0.870. The molecule has 0 heterocycles. The van der Waals surface area contributed by atoms with E-state index < -0.39 is 0 Å². The van der Waals surface area contributed by atoms with E-state index in [1.807, 2.05) is 0 Å². The zero-order chi connectivity index (χ0) is 18.0. The summed E-state index contributed by atoms with van der Waals surface area (Å²) in [7, 11) is 0. The van der Waals surface area contributed by atoms with E-state index in [1.165, 1.54) is 89.9 Å². The van der Waals surface area contributed by atoms with Crippen LogP contribution in [0.15, 0.2) is 12.2 Å². The van der Waals surface area contributed by atoms with Gasteiger partial charge in [0, 0.05) is 11.8 Å². The first-order valence-electron chi connectivity index (χ1n) is 11.1. The minimum absolute atomic E-state index is 0.193. The maximum atomic E-state index is 12.2. The average Bonchev–Trinajstić information content (AvgIpc) is 3.09. The smallest absolute Gasteiger partial charge is 0.154 e. The van der Waals surface area contributed by atoms with E-state index in [-0.39, 0.29) is 4.32 Å². The highest BCUT2D eigenvalue weighted by Crippen LogP contribution is 2.54. The molecule has 0 aromatic carbocycles. The molecule has 0 aromatic rings. The van der Waals surface area contributed by atoms with Gasteiger partial charge in [-0.2, -0.15) is 0 Å². The lowest BCUT2D eigenvalue weighted by Gasteiger charge is -2.46. The van der Waals surface area contributed by atoms with Crippen molar-refractivity contribution in [1.29, 1.82) is 0 Å². The van der Waals surface area contributed by atoms with Crippen LogP contribution in [0.1, 0.15) is 110 Å². The van der Waals surface area contributed by atoms with Gasteiger partial charge in [0.1, 0.15) is 0 Å². The number of fused-ring (bicyclic) bond motifs is 1. The summed E-state index contributed by atoms with van der Waals surface area (Å²) in [5.41, 5.74) is 0. The number of allylic oxidation sites excluding steroid dienone is 2. The van der Waals surface area contributed by atoms with E-state index in [0.29, 0.717) is 17.6 Å². The first kappa shape index (κ1) is 21.2. The van der Waals surface area contributed by atoms with Gasteiger partial charge in [-0.25, -0.2) is 0 Å². The van der Waals surface area contributed by atoms with Crippen molar-refractivity contribution in [2.24, 2.45) is 11.8 Å². The molecule has 0 bridgehead atoms. The van der Waals surface area contributed by atoms with Gasteiger partial charge in [-0.1, -0.05) is 125 Å². The van der Waals surface area contributed by atoms with Crippen LogP contribution in [0.2, 0.25) is 0 Å². The van der Waals surface area contributed by atoms with E-state index in [1.54, 1.807) is 0 Å². The first-order valence-corrected chi connectivity index (χ1v) is 11.9. The minimum Gasteiger partial charge on any atom is -0.298 e. The lowest BCUT2D eigenvalue weighted by Crippen LogP contribution is -2.57. The molecule has 144 valence electrons. The molecule has 1 fully saturated rings. The Kier molecular flexibility index (Phi) is 9.81. The maximum Gasteiger partial charge on any atom is 0.154 e. The molecule has 25 heavy (non-hydrogen) atoms. The van der Waals surface area contributed by atoms with Crippen LogP contribution in [0.4, 0.5) is 0 Å². The Labute approximate surface area is 164 Å². The molecule has 2 aliphatic carbocycles. The molecule has 0 saturated heterocycles. The quantitative estimate of drug-likeness (QED) is 0.153. The lowest BCUT2D eigenvalue weighted by molar-refractivity contribution is -0.136. The van der Waals surface area contributed by atoms with Crippen molar-refractivity contribution in [1.82, 2.24) is 0 Å². The molecule has 0 unspecified atom stereocenters. The van der Waals surface area contributed by atoms with E-state index in [0.717, 1.165) is 12.8 Å². The van der Waals surface area contributed by atoms with E-state index in [4.69, 9.17) is 0 Å². The third kappa shape index (κ3) is 6.22. The second-order valence-corrected chi connectivity index (χ2v) is 9.78. The summed E-state index contributed by atoms with van der Waals surface area (Å²) in [5.74, 6) is 1.27. The van der Waals surface area contributed by atoms with Crippen LogP contribution < -0.4 is 0 Å². The van der Waals surface area contributed by atoms with Gasteiger partial charge >= 0.3 is 0 Å². The highest BCUT2D eigenvalue weighted by atomic mass is 79.9. The monoisotopic (exact) mass is 410 g/mol. The first-order chi connectivity index (χ1) is 12.2. The number of halogens is 1. The zero-order valence-electron chi connectivity index (χ0n) is 16.4. The molecule has 3 atom stereocenters. The number of ketones is 1. The Morgan fingerprint density at radius 3 is 1.88 bits per heavy atom. The van der Waals surface area contributed by atoms with Gasteiger partial charge in [-0.15, -0.1) is 0 Å². The van der Waals surface area contributed by atoms with Crippen LogP contribution in [0, 0.1) is 11.8 Å². The van der Waals surface area contributed by atoms with Crippen LogP contribution in [0.25, 0.3) is 0 Å². The SMILES string of the molecule is CCCCCCCCCCCCCCCC[C@]1(Br)C(=O)[C@@H]2CC=C[C@@H]21. The number of carbonyl (C=O) groups excluding carboxylic acids is 1. The summed E-state index contributed by atoms with van der Waals surface area (Å²) in [5, 5.41) is 0. The Balaban J connectivity index is 1.35. The number of Topliss-reactive ketones (excluding diaryl/α,β-unsaturated/α-hetero) is 1. The Morgan fingerprint density at radius 2 is 1.36 bits per heavy atom. The predicted molar refractivity (Wildman–Crippen MR) is 112 cm³/mol. The molecule has 1 nitrogen and oxygen atoms in total. The molecule has 2 aliphatic rings. The highest BCUT2D eigenvalue weighted by molar-refractivity contribution is 9.10. The van der Waals surface area contributed by atoms with E-state index in [9.17, 15) is 4.79 Å². The second kappa shape index (κ2) is 11.6. The van der Waals surface area contributed by atoms with Crippen molar-refractivity contribution in [2.45, 2.75) is 114 Å². The molecule has 0 aromatic heterocycles. The summed E-state index contributed by atoms with van der Waals surface area (Å²) in [6.07, 6.45) is 26.0. The van der Waals surface area contributed by atoms with Gasteiger partial charge in [0.15, 0.2) is 5.78 Å². The maximum absolute atomic E-state index is 12.2. The van der Waals surface area contributed by atoms with Crippen molar-refractivity contribution < 1.29 is 4.79 Å². The summed E-state index contributed by atoms with van der Waals surface area (Å²) in [4.78, 5) is 12.2. The Bertz CT molecular complexity index is 416. The van der Waals surface area contributed by atoms with Gasteiger partial charge < -0.3 is 0 Å². The van der Waals surface area contributed by atoms with Crippen molar-refractivity contribution >= 4 is 21.7 Å². The van der Waals surface area contributed by atoms with Crippen LogP contribution in [0.3, 0.4) is 0 Å². The number of carbonyl (C=O) groups is 1. The van der Waals surface area contributed by atoms with E-state index >= 15 is 0 Å². The van der Waals surface area contributed by atoms with Crippen LogP contribution in [-0.2, 0) is 4.79 Å². The molecule has 0 amide bonds. The molecule has 0 aliphatic heterocycles. The Morgan fingerprint density at radius 1 is 0.880 bits per heavy atom. The van der Waals surface area contributed by atoms with Crippen molar-refractivity contribution in [3.63, 3.8) is 0 Å². The molecular formula is C23H39BrO. The van der Waals surface area contributed by atoms with E-state index in [2.05, 4.69) is 35.0 Å². The molecule has 2 heteroatoms. The number of alkyl halides is 1. The van der Waals surface area contributed by atoms with Crippen molar-refractivity contribution in [2.75, 3.05) is 0 Å². The number of hydrogen-bond donors (Lipinski definition) is 0. The summed E-state index contributed by atoms with van der Waals surface area (Å²) < 4.78 is -0.193. The van der Waals surface area contributed by atoms with Gasteiger partial charge in [-0.05, 0) is 12.8 Å². The third-order valence-electron chi connectivity index (χ3n) is 6.34. The average molecular weight is 411 g/mol. The molecule has 0 radical (unpaired) electrons. The summed E-state index contributed by atoms with van der Waals surface area (Å²) >= 11 is 3.78. The van der Waals surface area contributed by atoms with Crippen LogP contribution in [0.5, 0.6) is 0 Å². The highest BCUT2D eigenvalue weighted by Gasteiger charge is 2.59. The molecule has 2 rings (SSSR count). The number of unbranched alkanes of at least 4 members (excludes halogenated alkanes) is 13. The molecule has 0 spiro atoms. The number of hydrogen-bond acceptors (Lipinski definition) is 1. The molecule has 1 saturated carbocycles. The largest absolute Gasteiger partial charge is 0.298 e. The van der Waals surface area contributed by atoms with Crippen molar-refractivity contribution in [3.8, 4) is 0 Å². The minimum atomic E-state index is -0.193. The predicted octanol–water partition coefficient (Wildman–Crippen LogP) is 7.77. The molecule has 0 N–H and O–H groups in total. The fourth-order valence-corrected chi connectivity index (χ4v) is 5.68. The lowest BCUT2D eigenvalue weighted by atomic mass is 9.63. The number of rotatable bonds is 15. The van der Waals surface area contributed by atoms with Crippen molar-refractivity contribution in [3.05, 3.63) is 12.2 Å². The molecular weight excluding hydrogens is 372 g/mol. The van der Waals surface area contributed by atoms with Crippen LogP contribution >= 0.6 is 15.9 Å². The summed E-state index contributed by atoms with van der Waals surface area (Å²) in [6.45, 7) is 2.28. The van der Waals surface area contributed by atoms with Gasteiger partial charge in [0.2, 0.25) is 0 Å². The second-order valence-electron chi connectivity index (χ2n) is 8.37. The zero-order valence-corrected chi connectivity index (χ0v) is 18.0. The van der Waals surface area contributed by atoms with Gasteiger partial charge in [0.05, 0.1) is 4.32 Å². The third-order valence-corrected chi connectivity index (χ3v) is 7.65. The normalized spacial score (nSPS) is 27.5. The standard InChI is InChI=1S/C23H39BrO/c1-2-3-4-5-6-7-8-9-10-11-12-13-14-15-19-23(24)21-18-16-17-20(21)22(23)25/h16,18,20-21H,2-15,17,19H2,1H3/t20-,21+,23-/m1/s1. The fourth-order valence-electron chi connectivity index (χ4n) is 4.64. The van der Waals surface area contributed by atoms with Crippen LogP contribution in [-0.4, -0.2) is 10.1 Å². The topological polar surface area (TPSA) is 17.1 Å².